The largest absolute Gasteiger partial charge is 0.481 e. The van der Waals surface area contributed by atoms with Crippen LogP contribution in [0.25, 0.3) is 0 Å². The Hall–Kier alpha value is -2.29. The van der Waals surface area contributed by atoms with E-state index in [1.54, 1.807) is 6.92 Å². The molecule has 0 aliphatic carbocycles. The maximum atomic E-state index is 12.2. The lowest BCUT2D eigenvalue weighted by atomic mass is 10.1. The predicted octanol–water partition coefficient (Wildman–Crippen LogP) is 4.27. The minimum Gasteiger partial charge on any atom is -0.481 e. The van der Waals surface area contributed by atoms with Crippen molar-refractivity contribution in [2.24, 2.45) is 0 Å². The molecule has 1 N–H and O–H groups in total. The van der Waals surface area contributed by atoms with Crippen molar-refractivity contribution in [3.8, 4) is 5.75 Å². The van der Waals surface area contributed by atoms with Crippen LogP contribution in [0.1, 0.15) is 30.5 Å². The molecule has 0 saturated heterocycles. The summed E-state index contributed by atoms with van der Waals surface area (Å²) in [5, 5.41) is 2.88. The molecule has 0 heterocycles. The average Bonchev–Trinajstić information content (AvgIpc) is 2.46. The van der Waals surface area contributed by atoms with E-state index in [1.807, 2.05) is 50.2 Å². The lowest BCUT2D eigenvalue weighted by Crippen LogP contribution is -2.30. The van der Waals surface area contributed by atoms with Gasteiger partial charge in [0.1, 0.15) is 5.75 Å². The van der Waals surface area contributed by atoms with Gasteiger partial charge < -0.3 is 10.1 Å². The zero-order valence-corrected chi connectivity index (χ0v) is 13.6. The fourth-order valence-electron chi connectivity index (χ4n) is 2.33. The Morgan fingerprint density at radius 3 is 2.23 bits per heavy atom. The van der Waals surface area contributed by atoms with Crippen molar-refractivity contribution < 1.29 is 9.53 Å². The van der Waals surface area contributed by atoms with E-state index in [0.29, 0.717) is 0 Å². The number of hydrogen-bond donors (Lipinski definition) is 1. The van der Waals surface area contributed by atoms with Crippen LogP contribution in [0.5, 0.6) is 5.75 Å². The molecule has 0 radical (unpaired) electrons. The first kappa shape index (κ1) is 16.1. The van der Waals surface area contributed by atoms with Gasteiger partial charge in [0.05, 0.1) is 0 Å². The fraction of sp³-hybridized carbons (Fsp3) is 0.316. The molecule has 2 aromatic carbocycles. The van der Waals surface area contributed by atoms with Gasteiger partial charge in [-0.15, -0.1) is 0 Å². The third kappa shape index (κ3) is 4.35. The van der Waals surface area contributed by atoms with Gasteiger partial charge in [-0.3, -0.25) is 4.79 Å². The van der Waals surface area contributed by atoms with Crippen LogP contribution >= 0.6 is 0 Å². The molecule has 0 fully saturated rings. The number of benzene rings is 2. The first-order valence-corrected chi connectivity index (χ1v) is 7.62. The van der Waals surface area contributed by atoms with Crippen LogP contribution in [0.4, 0.5) is 5.69 Å². The molecule has 3 nitrogen and oxygen atoms in total. The van der Waals surface area contributed by atoms with Crippen LogP contribution in [0.3, 0.4) is 0 Å². The molecular weight excluding hydrogens is 274 g/mol. The van der Waals surface area contributed by atoms with Gasteiger partial charge in [-0.25, -0.2) is 0 Å². The molecule has 2 aromatic rings. The van der Waals surface area contributed by atoms with Gasteiger partial charge in [-0.1, -0.05) is 25.1 Å². The van der Waals surface area contributed by atoms with E-state index in [-0.39, 0.29) is 5.91 Å². The summed E-state index contributed by atoms with van der Waals surface area (Å²) in [4.78, 5) is 12.2. The second kappa shape index (κ2) is 7.12. The zero-order valence-electron chi connectivity index (χ0n) is 13.6. The van der Waals surface area contributed by atoms with E-state index in [0.717, 1.165) is 29.0 Å². The molecule has 116 valence electrons. The van der Waals surface area contributed by atoms with Crippen molar-refractivity contribution in [2.75, 3.05) is 5.32 Å². The first-order valence-electron chi connectivity index (χ1n) is 7.62. The maximum absolute atomic E-state index is 12.2. The van der Waals surface area contributed by atoms with E-state index in [9.17, 15) is 4.79 Å². The SMILES string of the molecule is CCc1ccc(NC(=O)[C@@H](C)Oc2cc(C)cc(C)c2)cc1. The van der Waals surface area contributed by atoms with Gasteiger partial charge in [0.15, 0.2) is 6.10 Å². The molecule has 0 aromatic heterocycles. The van der Waals surface area contributed by atoms with Crippen LogP contribution in [-0.4, -0.2) is 12.0 Å². The Kier molecular flexibility index (Phi) is 5.21. The lowest BCUT2D eigenvalue weighted by Gasteiger charge is -2.16. The third-order valence-electron chi connectivity index (χ3n) is 3.51. The topological polar surface area (TPSA) is 38.3 Å². The molecular formula is C19H23NO2. The van der Waals surface area contributed by atoms with Gasteiger partial charge in [0, 0.05) is 5.69 Å². The van der Waals surface area contributed by atoms with Crippen LogP contribution in [0.15, 0.2) is 42.5 Å². The molecule has 1 amide bonds. The minimum atomic E-state index is -0.549. The van der Waals surface area contributed by atoms with E-state index >= 15 is 0 Å². The van der Waals surface area contributed by atoms with Gasteiger partial charge in [-0.2, -0.15) is 0 Å². The Bertz CT molecular complexity index is 627. The van der Waals surface area contributed by atoms with Crippen molar-refractivity contribution in [1.29, 1.82) is 0 Å². The highest BCUT2D eigenvalue weighted by atomic mass is 16.5. The summed E-state index contributed by atoms with van der Waals surface area (Å²) in [6.07, 6.45) is 0.438. The summed E-state index contributed by atoms with van der Waals surface area (Å²) in [5.74, 6) is 0.574. The Morgan fingerprint density at radius 2 is 1.68 bits per heavy atom. The van der Waals surface area contributed by atoms with E-state index in [2.05, 4.69) is 18.3 Å². The molecule has 0 aliphatic rings. The van der Waals surface area contributed by atoms with Crippen molar-refractivity contribution in [3.63, 3.8) is 0 Å². The molecule has 22 heavy (non-hydrogen) atoms. The summed E-state index contributed by atoms with van der Waals surface area (Å²) >= 11 is 0. The van der Waals surface area contributed by atoms with Gasteiger partial charge in [-0.05, 0) is 68.1 Å². The van der Waals surface area contributed by atoms with Crippen molar-refractivity contribution in [3.05, 3.63) is 59.2 Å². The smallest absolute Gasteiger partial charge is 0.265 e. The average molecular weight is 297 g/mol. The lowest BCUT2D eigenvalue weighted by molar-refractivity contribution is -0.122. The standard InChI is InChI=1S/C19H23NO2/c1-5-16-6-8-17(9-7-16)20-19(21)15(4)22-18-11-13(2)10-14(3)12-18/h6-12,15H,5H2,1-4H3,(H,20,21)/t15-/m1/s1. The van der Waals surface area contributed by atoms with Crippen LogP contribution in [0.2, 0.25) is 0 Å². The number of carbonyl (C=O) groups excluding carboxylic acids is 1. The molecule has 0 unspecified atom stereocenters. The molecule has 3 heteroatoms. The number of rotatable bonds is 5. The van der Waals surface area contributed by atoms with Crippen molar-refractivity contribution in [1.82, 2.24) is 0 Å². The zero-order chi connectivity index (χ0) is 16.1. The number of nitrogens with one attached hydrogen (secondary N) is 1. The van der Waals surface area contributed by atoms with Gasteiger partial charge in [0.25, 0.3) is 5.91 Å². The summed E-state index contributed by atoms with van der Waals surface area (Å²) in [5.41, 5.74) is 4.28. The number of carbonyl (C=O) groups is 1. The second-order valence-corrected chi connectivity index (χ2v) is 5.62. The van der Waals surface area contributed by atoms with Crippen molar-refractivity contribution in [2.45, 2.75) is 40.2 Å². The summed E-state index contributed by atoms with van der Waals surface area (Å²) in [7, 11) is 0. The Labute approximate surface area is 132 Å². The number of aryl methyl sites for hydroxylation is 3. The Morgan fingerprint density at radius 1 is 1.09 bits per heavy atom. The van der Waals surface area contributed by atoms with Crippen LogP contribution < -0.4 is 10.1 Å². The van der Waals surface area contributed by atoms with E-state index in [4.69, 9.17) is 4.74 Å². The van der Waals surface area contributed by atoms with Crippen LogP contribution in [-0.2, 0) is 11.2 Å². The van der Waals surface area contributed by atoms with Gasteiger partial charge >= 0.3 is 0 Å². The Balaban J connectivity index is 1.99. The maximum Gasteiger partial charge on any atom is 0.265 e. The molecule has 0 spiro atoms. The summed E-state index contributed by atoms with van der Waals surface area (Å²) in [6, 6.07) is 13.8. The number of amides is 1. The number of hydrogen-bond acceptors (Lipinski definition) is 2. The minimum absolute atomic E-state index is 0.150. The molecule has 1 atom stereocenters. The predicted molar refractivity (Wildman–Crippen MR) is 90.5 cm³/mol. The monoisotopic (exact) mass is 297 g/mol. The highest BCUT2D eigenvalue weighted by Crippen LogP contribution is 2.18. The van der Waals surface area contributed by atoms with Crippen molar-refractivity contribution >= 4 is 11.6 Å². The third-order valence-corrected chi connectivity index (χ3v) is 3.51. The molecule has 2 rings (SSSR count). The fourth-order valence-corrected chi connectivity index (χ4v) is 2.33. The number of ether oxygens (including phenoxy) is 1. The van der Waals surface area contributed by atoms with E-state index in [1.165, 1.54) is 5.56 Å². The second-order valence-electron chi connectivity index (χ2n) is 5.62. The normalized spacial score (nSPS) is 11.8. The van der Waals surface area contributed by atoms with Gasteiger partial charge in [0.2, 0.25) is 0 Å². The summed E-state index contributed by atoms with van der Waals surface area (Å²) < 4.78 is 5.74. The quantitative estimate of drug-likeness (QED) is 0.895. The highest BCUT2D eigenvalue weighted by Gasteiger charge is 2.15. The van der Waals surface area contributed by atoms with Crippen LogP contribution in [0, 0.1) is 13.8 Å². The molecule has 0 bridgehead atoms. The number of anilines is 1. The molecule has 0 saturated carbocycles. The van der Waals surface area contributed by atoms with E-state index < -0.39 is 6.10 Å². The summed E-state index contributed by atoms with van der Waals surface area (Å²) in [6.45, 7) is 7.89. The molecule has 0 aliphatic heterocycles. The first-order chi connectivity index (χ1) is 10.5. The highest BCUT2D eigenvalue weighted by molar-refractivity contribution is 5.94.